The van der Waals surface area contributed by atoms with Crippen molar-refractivity contribution in [2.24, 2.45) is 28.1 Å². The average molecular weight is 1230 g/mol. The second kappa shape index (κ2) is 42.7. The van der Waals surface area contributed by atoms with Gasteiger partial charge in [-0.3, -0.25) is 14.4 Å². The molecule has 0 bridgehead atoms. The summed E-state index contributed by atoms with van der Waals surface area (Å²) in [5, 5.41) is 0. The van der Waals surface area contributed by atoms with Crippen LogP contribution >= 0.6 is 0 Å². The molecule has 5 rings (SSSR count). The maximum absolute atomic E-state index is 13.5. The number of rotatable bonds is 27. The normalized spacial score (nSPS) is 20.0. The van der Waals surface area contributed by atoms with Gasteiger partial charge in [-0.15, -0.1) is 0 Å². The van der Waals surface area contributed by atoms with Crippen molar-refractivity contribution in [1.82, 2.24) is 0 Å². The molecule has 0 aromatic heterocycles. The van der Waals surface area contributed by atoms with Crippen LogP contribution in [0.25, 0.3) is 0 Å². The van der Waals surface area contributed by atoms with E-state index < -0.39 is 58.5 Å². The quantitative estimate of drug-likeness (QED) is 0.0189. The van der Waals surface area contributed by atoms with E-state index in [1.807, 2.05) is 41.5 Å². The Kier molecular flexibility index (Phi) is 40.1. The van der Waals surface area contributed by atoms with Gasteiger partial charge < -0.3 is 47.4 Å². The van der Waals surface area contributed by atoms with Gasteiger partial charge in [0, 0.05) is 0 Å². The van der Waals surface area contributed by atoms with Gasteiger partial charge in [0.05, 0.1) is 42.4 Å². The fourth-order valence-corrected chi connectivity index (χ4v) is 9.46. The summed E-state index contributed by atoms with van der Waals surface area (Å²) in [4.78, 5) is 57.4. The highest BCUT2D eigenvalue weighted by Crippen LogP contribution is 2.42. The summed E-state index contributed by atoms with van der Waals surface area (Å²) in [5.74, 6) is -1.90. The summed E-state index contributed by atoms with van der Waals surface area (Å²) in [6.45, 7) is 20.5. The molecule has 0 amide bonds. The van der Waals surface area contributed by atoms with Crippen LogP contribution in [-0.4, -0.2) is 113 Å². The summed E-state index contributed by atoms with van der Waals surface area (Å²) in [7, 11) is 0. The number of hydrogen-bond donors (Lipinski definition) is 0. The molecular weight excluding hydrogens is 1120 g/mol. The van der Waals surface area contributed by atoms with E-state index >= 15 is 0 Å². The molecule has 20 heteroatoms. The van der Waals surface area contributed by atoms with Crippen molar-refractivity contribution >= 4 is 29.8 Å². The molecule has 3 atom stereocenters. The molecule has 0 saturated heterocycles. The van der Waals surface area contributed by atoms with E-state index in [0.717, 1.165) is 123 Å². The lowest BCUT2D eigenvalue weighted by Gasteiger charge is -2.28. The molecule has 500 valence electrons. The summed E-state index contributed by atoms with van der Waals surface area (Å²) in [6, 6.07) is 0. The van der Waals surface area contributed by atoms with E-state index in [1.165, 1.54) is 91.4 Å². The van der Waals surface area contributed by atoms with Crippen LogP contribution < -0.4 is 0 Å². The molecule has 15 nitrogen and oxygen atoms in total. The Balaban J connectivity index is 0.000000533. The molecule has 85 heavy (non-hydrogen) atoms. The Labute approximate surface area is 508 Å². The summed E-state index contributed by atoms with van der Waals surface area (Å²) in [5.41, 5.74) is -7.03. The van der Waals surface area contributed by atoms with Gasteiger partial charge in [0.1, 0.15) is 0 Å². The summed E-state index contributed by atoms with van der Waals surface area (Å²) < 4.78 is 117. The van der Waals surface area contributed by atoms with Crippen LogP contribution in [0.2, 0.25) is 0 Å². The Bertz CT molecular complexity index is 1800. The number of alkyl halides is 5. The second-order valence-electron chi connectivity index (χ2n) is 25.5. The third-order valence-electron chi connectivity index (χ3n) is 17.7. The second-order valence-corrected chi connectivity index (χ2v) is 25.5. The molecular formula is C65H115F5O15. The first-order valence-electron chi connectivity index (χ1n) is 32.4. The molecule has 0 heterocycles. The third-order valence-corrected chi connectivity index (χ3v) is 17.7. The lowest BCUT2D eigenvalue weighted by atomic mass is 9.87. The Morgan fingerprint density at radius 2 is 0.588 bits per heavy atom. The number of ether oxygens (including phenoxy) is 10. The minimum atomic E-state index is -4.61. The first-order chi connectivity index (χ1) is 40.0. The van der Waals surface area contributed by atoms with E-state index in [4.69, 9.17) is 42.6 Å². The molecule has 0 aromatic carbocycles. The van der Waals surface area contributed by atoms with Gasteiger partial charge in [0.2, 0.25) is 11.3 Å². The van der Waals surface area contributed by atoms with E-state index in [-0.39, 0.29) is 76.7 Å². The molecule has 5 aliphatic rings. The van der Waals surface area contributed by atoms with Gasteiger partial charge in [-0.25, -0.2) is 18.4 Å². The van der Waals surface area contributed by atoms with Crippen LogP contribution in [0.15, 0.2) is 0 Å². The molecule has 5 fully saturated rings. The SMILES string of the molecule is CCC(C)(C(=O)OCOC1CCCCCC1)C(F)(F)F.CCC(C)(C)C(=O)OCOCC1CCCC1.CCC(C)(C)C(=O)OCOCC1CCCCC1.CCC(C)(F)C(=O)OCOC1CCCC1.CCC(C)(F)C(=O)OCOC1CCCCCC1. The number of carbonyl (C=O) groups is 5. The van der Waals surface area contributed by atoms with Crippen molar-refractivity contribution in [3.8, 4) is 0 Å². The molecule has 0 aromatic rings. The molecule has 0 radical (unpaired) electrons. The average Bonchev–Trinajstić information content (AvgIpc) is 3.56. The van der Waals surface area contributed by atoms with Gasteiger partial charge in [-0.1, -0.05) is 131 Å². The van der Waals surface area contributed by atoms with Gasteiger partial charge in [0.25, 0.3) is 0 Å². The van der Waals surface area contributed by atoms with Crippen molar-refractivity contribution in [3.63, 3.8) is 0 Å². The topological polar surface area (TPSA) is 178 Å². The number of carbonyl (C=O) groups excluding carboxylic acids is 5. The van der Waals surface area contributed by atoms with E-state index in [2.05, 4.69) is 4.74 Å². The van der Waals surface area contributed by atoms with Gasteiger partial charge in [-0.05, 0) is 157 Å². The standard InChI is InChI=1S/C14H23F3O3.C14H26O3.C13H23FO3.C13H24O3.C11H19FO3/c1-3-13(2,14(15,16)17)12(18)20-10-19-11-8-6-4-5-7-9-11;1-4-14(2,3)13(15)17-11-16-10-12-8-6-5-7-9-12;1-3-13(2,14)12(15)17-10-16-11-8-6-4-5-7-9-11;1-4-13(2,3)12(14)16-10-15-9-11-7-5-6-8-11;1-3-11(2,12)10(13)15-8-14-9-6-4-5-7-9/h11H,3-10H2,1-2H3;12H,4-11H2,1-3H3;11H,3-10H2,1-2H3;11H,4-10H2,1-3H3;9H,3-8H2,1-2H3. The predicted octanol–water partition coefficient (Wildman–Crippen LogP) is 16.8. The van der Waals surface area contributed by atoms with Crippen LogP contribution in [0, 0.1) is 28.1 Å². The highest BCUT2D eigenvalue weighted by atomic mass is 19.4. The largest absolute Gasteiger partial charge is 0.438 e. The fourth-order valence-electron chi connectivity index (χ4n) is 9.46. The van der Waals surface area contributed by atoms with Crippen molar-refractivity contribution in [3.05, 3.63) is 0 Å². The summed E-state index contributed by atoms with van der Waals surface area (Å²) >= 11 is 0. The molecule has 3 unspecified atom stereocenters. The maximum atomic E-state index is 13.5. The van der Waals surface area contributed by atoms with Crippen molar-refractivity contribution in [1.29, 1.82) is 0 Å². The van der Waals surface area contributed by atoms with E-state index in [9.17, 15) is 45.9 Å². The van der Waals surface area contributed by atoms with Crippen LogP contribution in [0.3, 0.4) is 0 Å². The molecule has 5 saturated carbocycles. The van der Waals surface area contributed by atoms with Crippen molar-refractivity contribution in [2.45, 2.75) is 312 Å². The molecule has 0 N–H and O–H groups in total. The molecule has 0 spiro atoms. The zero-order valence-corrected chi connectivity index (χ0v) is 54.6. The minimum Gasteiger partial charge on any atom is -0.438 e. The highest BCUT2D eigenvalue weighted by molar-refractivity contribution is 5.79. The fraction of sp³-hybridized carbons (Fsp3) is 0.923. The van der Waals surface area contributed by atoms with Crippen LogP contribution in [0.5, 0.6) is 0 Å². The van der Waals surface area contributed by atoms with Crippen LogP contribution in [-0.2, 0) is 71.3 Å². The first-order valence-corrected chi connectivity index (χ1v) is 32.4. The smallest absolute Gasteiger partial charge is 0.404 e. The minimum absolute atomic E-state index is 0.0101. The number of hydrogen-bond acceptors (Lipinski definition) is 15. The van der Waals surface area contributed by atoms with Gasteiger partial charge in [-0.2, -0.15) is 13.2 Å². The first kappa shape index (κ1) is 79.8. The summed E-state index contributed by atoms with van der Waals surface area (Å²) in [6.07, 6.45) is 26.2. The molecule has 5 aliphatic carbocycles. The van der Waals surface area contributed by atoms with E-state index in [1.54, 1.807) is 13.8 Å². The van der Waals surface area contributed by atoms with Crippen LogP contribution in [0.1, 0.15) is 276 Å². The Morgan fingerprint density at radius 1 is 0.329 bits per heavy atom. The zero-order valence-electron chi connectivity index (χ0n) is 54.6. The Hall–Kier alpha value is -3.20. The third kappa shape index (κ3) is 33.3. The monoisotopic (exact) mass is 1230 g/mol. The highest BCUT2D eigenvalue weighted by Gasteiger charge is 2.56. The zero-order chi connectivity index (χ0) is 64.0. The lowest BCUT2D eigenvalue weighted by Crippen LogP contribution is -2.43. The van der Waals surface area contributed by atoms with Gasteiger partial charge >= 0.3 is 36.0 Å². The van der Waals surface area contributed by atoms with Gasteiger partial charge in [0.15, 0.2) is 39.4 Å². The van der Waals surface area contributed by atoms with Crippen LogP contribution in [0.4, 0.5) is 22.0 Å². The molecule has 0 aliphatic heterocycles. The van der Waals surface area contributed by atoms with Crippen molar-refractivity contribution in [2.75, 3.05) is 47.2 Å². The van der Waals surface area contributed by atoms with E-state index in [0.29, 0.717) is 11.8 Å². The number of esters is 5. The number of halogens is 5. The predicted molar refractivity (Wildman–Crippen MR) is 316 cm³/mol. The van der Waals surface area contributed by atoms with Crippen molar-refractivity contribution < 1.29 is 93.3 Å². The lowest BCUT2D eigenvalue weighted by molar-refractivity contribution is -0.237. The Morgan fingerprint density at radius 3 is 0.871 bits per heavy atom. The maximum Gasteiger partial charge on any atom is 0.404 e.